The maximum atomic E-state index is 5.73. The molecule has 1 aliphatic heterocycles. The first-order valence-corrected chi connectivity index (χ1v) is 7.72. The Morgan fingerprint density at radius 3 is 2.95 bits per heavy atom. The highest BCUT2D eigenvalue weighted by molar-refractivity contribution is 5.25. The minimum atomic E-state index is 0.394. The third-order valence-electron chi connectivity index (χ3n) is 4.95. The van der Waals surface area contributed by atoms with E-state index in [0.717, 1.165) is 25.4 Å². The Labute approximate surface area is 114 Å². The molecule has 1 N–H and O–H groups in total. The second kappa shape index (κ2) is 4.60. The molecule has 0 spiro atoms. The van der Waals surface area contributed by atoms with Crippen LogP contribution in [0.1, 0.15) is 61.3 Å². The lowest BCUT2D eigenvalue weighted by Crippen LogP contribution is -2.28. The number of rotatable bonds is 3. The first-order chi connectivity index (χ1) is 9.38. The van der Waals surface area contributed by atoms with Crippen LogP contribution in [-0.4, -0.2) is 29.3 Å². The van der Waals surface area contributed by atoms with Crippen LogP contribution in [0.2, 0.25) is 0 Å². The molecular weight excluding hydrogens is 238 g/mol. The Morgan fingerprint density at radius 2 is 2.16 bits per heavy atom. The van der Waals surface area contributed by atoms with Gasteiger partial charge in [-0.15, -0.1) is 0 Å². The van der Waals surface area contributed by atoms with E-state index in [1.165, 1.54) is 49.3 Å². The fourth-order valence-electron chi connectivity index (χ4n) is 3.83. The van der Waals surface area contributed by atoms with Crippen molar-refractivity contribution in [3.05, 3.63) is 17.2 Å². The number of fused-ring (bicyclic) bond motifs is 1. The summed E-state index contributed by atoms with van der Waals surface area (Å²) in [7, 11) is 1.87. The van der Waals surface area contributed by atoms with Gasteiger partial charge in [-0.2, -0.15) is 0 Å². The van der Waals surface area contributed by atoms with Crippen molar-refractivity contribution in [3.63, 3.8) is 0 Å². The summed E-state index contributed by atoms with van der Waals surface area (Å²) in [6, 6.07) is 0.537. The molecule has 19 heavy (non-hydrogen) atoms. The summed E-state index contributed by atoms with van der Waals surface area (Å²) < 4.78 is 8.32. The fourth-order valence-corrected chi connectivity index (χ4v) is 3.83. The second-order valence-electron chi connectivity index (χ2n) is 6.21. The molecule has 0 amide bonds. The molecule has 2 atom stereocenters. The van der Waals surface area contributed by atoms with Crippen molar-refractivity contribution < 1.29 is 4.74 Å². The molecule has 2 aliphatic carbocycles. The standard InChI is InChI=1S/C15H23N3O/c1-19-14-4-2-3-13(14)18-12-7-8-16-9-11(12)17-15(18)10-5-6-10/h10,13-14,16H,2-9H2,1H3. The topological polar surface area (TPSA) is 39.1 Å². The van der Waals surface area contributed by atoms with Gasteiger partial charge in [0.1, 0.15) is 5.82 Å². The largest absolute Gasteiger partial charge is 0.379 e. The van der Waals surface area contributed by atoms with Crippen molar-refractivity contribution in [3.8, 4) is 0 Å². The summed E-state index contributed by atoms with van der Waals surface area (Å²) in [5, 5.41) is 3.45. The summed E-state index contributed by atoms with van der Waals surface area (Å²) in [6.07, 6.45) is 7.93. The molecule has 3 aliphatic rings. The zero-order valence-electron chi connectivity index (χ0n) is 11.7. The van der Waals surface area contributed by atoms with E-state index in [4.69, 9.17) is 9.72 Å². The molecule has 104 valence electrons. The predicted octanol–water partition coefficient (Wildman–Crippen LogP) is 2.15. The summed E-state index contributed by atoms with van der Waals surface area (Å²) in [5.74, 6) is 2.09. The van der Waals surface area contributed by atoms with Crippen LogP contribution in [0, 0.1) is 0 Å². The van der Waals surface area contributed by atoms with Gasteiger partial charge < -0.3 is 14.6 Å². The second-order valence-corrected chi connectivity index (χ2v) is 6.21. The zero-order valence-corrected chi connectivity index (χ0v) is 11.7. The lowest BCUT2D eigenvalue weighted by molar-refractivity contribution is 0.0730. The molecule has 2 heterocycles. The number of hydrogen-bond donors (Lipinski definition) is 1. The van der Waals surface area contributed by atoms with E-state index in [1.54, 1.807) is 0 Å². The highest BCUT2D eigenvalue weighted by Crippen LogP contribution is 2.44. The normalized spacial score (nSPS) is 30.6. The number of aromatic nitrogens is 2. The number of hydrogen-bond acceptors (Lipinski definition) is 3. The molecule has 2 saturated carbocycles. The van der Waals surface area contributed by atoms with E-state index in [0.29, 0.717) is 12.1 Å². The van der Waals surface area contributed by atoms with E-state index in [2.05, 4.69) is 9.88 Å². The van der Waals surface area contributed by atoms with Crippen molar-refractivity contribution >= 4 is 0 Å². The monoisotopic (exact) mass is 261 g/mol. The Morgan fingerprint density at radius 1 is 1.26 bits per heavy atom. The van der Waals surface area contributed by atoms with Crippen LogP contribution in [0.5, 0.6) is 0 Å². The average Bonchev–Trinajstić information content (AvgIpc) is 3.06. The number of nitrogens with zero attached hydrogens (tertiary/aromatic N) is 2. The Balaban J connectivity index is 1.78. The van der Waals surface area contributed by atoms with Gasteiger partial charge in [-0.05, 0) is 32.1 Å². The molecule has 0 radical (unpaired) electrons. The molecule has 2 unspecified atom stereocenters. The Bertz CT molecular complexity index is 478. The van der Waals surface area contributed by atoms with E-state index >= 15 is 0 Å². The molecule has 1 aromatic rings. The zero-order chi connectivity index (χ0) is 12.8. The summed E-state index contributed by atoms with van der Waals surface area (Å²) >= 11 is 0. The fraction of sp³-hybridized carbons (Fsp3) is 0.800. The minimum absolute atomic E-state index is 0.394. The van der Waals surface area contributed by atoms with Gasteiger partial charge in [0.05, 0.1) is 17.8 Å². The van der Waals surface area contributed by atoms with Gasteiger partial charge in [-0.3, -0.25) is 0 Å². The van der Waals surface area contributed by atoms with Gasteiger partial charge >= 0.3 is 0 Å². The molecule has 4 heteroatoms. The van der Waals surface area contributed by atoms with E-state index in [1.807, 2.05) is 7.11 Å². The van der Waals surface area contributed by atoms with Crippen molar-refractivity contribution in [2.75, 3.05) is 13.7 Å². The smallest absolute Gasteiger partial charge is 0.112 e. The van der Waals surface area contributed by atoms with Crippen LogP contribution in [0.15, 0.2) is 0 Å². The van der Waals surface area contributed by atoms with Crippen molar-refractivity contribution in [2.45, 2.75) is 63.1 Å². The third-order valence-corrected chi connectivity index (χ3v) is 4.95. The van der Waals surface area contributed by atoms with Crippen molar-refractivity contribution in [1.82, 2.24) is 14.9 Å². The molecule has 1 aromatic heterocycles. The predicted molar refractivity (Wildman–Crippen MR) is 73.3 cm³/mol. The summed E-state index contributed by atoms with van der Waals surface area (Å²) in [5.41, 5.74) is 2.80. The van der Waals surface area contributed by atoms with Crippen LogP contribution in [0.3, 0.4) is 0 Å². The molecule has 4 rings (SSSR count). The number of imidazole rings is 1. The van der Waals surface area contributed by atoms with Gasteiger partial charge in [-0.1, -0.05) is 0 Å². The Kier molecular flexibility index (Phi) is 2.88. The van der Waals surface area contributed by atoms with Crippen molar-refractivity contribution in [1.29, 1.82) is 0 Å². The summed E-state index contributed by atoms with van der Waals surface area (Å²) in [4.78, 5) is 4.97. The van der Waals surface area contributed by atoms with Crippen LogP contribution >= 0.6 is 0 Å². The maximum absolute atomic E-state index is 5.73. The van der Waals surface area contributed by atoms with Gasteiger partial charge in [0, 0.05) is 38.2 Å². The molecule has 0 saturated heterocycles. The van der Waals surface area contributed by atoms with Gasteiger partial charge in [0.2, 0.25) is 0 Å². The number of ether oxygens (including phenoxy) is 1. The van der Waals surface area contributed by atoms with Crippen molar-refractivity contribution in [2.24, 2.45) is 0 Å². The highest BCUT2D eigenvalue weighted by Gasteiger charge is 2.38. The third kappa shape index (κ3) is 1.93. The quantitative estimate of drug-likeness (QED) is 0.906. The first kappa shape index (κ1) is 11.9. The highest BCUT2D eigenvalue weighted by atomic mass is 16.5. The van der Waals surface area contributed by atoms with Crippen LogP contribution in [0.4, 0.5) is 0 Å². The first-order valence-electron chi connectivity index (χ1n) is 7.72. The molecule has 4 nitrogen and oxygen atoms in total. The summed E-state index contributed by atoms with van der Waals surface area (Å²) in [6.45, 7) is 2.04. The molecule has 0 aromatic carbocycles. The number of nitrogens with one attached hydrogen (secondary N) is 1. The molecule has 2 fully saturated rings. The maximum Gasteiger partial charge on any atom is 0.112 e. The van der Waals surface area contributed by atoms with Crippen LogP contribution in [0.25, 0.3) is 0 Å². The SMILES string of the molecule is COC1CCCC1n1c(C2CC2)nc2c1CCNC2. The average molecular weight is 261 g/mol. The van der Waals surface area contributed by atoms with Crippen LogP contribution in [-0.2, 0) is 17.7 Å². The van der Waals surface area contributed by atoms with Crippen LogP contribution < -0.4 is 5.32 Å². The van der Waals surface area contributed by atoms with E-state index in [-0.39, 0.29) is 0 Å². The van der Waals surface area contributed by atoms with Gasteiger partial charge in [0.25, 0.3) is 0 Å². The Hall–Kier alpha value is -0.870. The molecular formula is C15H23N3O. The van der Waals surface area contributed by atoms with Gasteiger partial charge in [-0.25, -0.2) is 4.98 Å². The van der Waals surface area contributed by atoms with Gasteiger partial charge in [0.15, 0.2) is 0 Å². The lowest BCUT2D eigenvalue weighted by atomic mass is 10.1. The molecule has 0 bridgehead atoms. The van der Waals surface area contributed by atoms with E-state index < -0.39 is 0 Å². The van der Waals surface area contributed by atoms with E-state index in [9.17, 15) is 0 Å². The number of methoxy groups -OCH3 is 1. The lowest BCUT2D eigenvalue weighted by Gasteiger charge is -2.25. The minimum Gasteiger partial charge on any atom is -0.379 e.